The molecule has 2 aliphatic heterocycles. The average molecular weight is 482 g/mol. The summed E-state index contributed by atoms with van der Waals surface area (Å²) in [5.74, 6) is -1.21. The van der Waals surface area contributed by atoms with Crippen molar-refractivity contribution >= 4 is 44.8 Å². The van der Waals surface area contributed by atoms with E-state index in [1.807, 2.05) is 0 Å². The molecule has 2 heterocycles. The first-order valence-corrected chi connectivity index (χ1v) is 11.8. The molecule has 4 rings (SSSR count). The standard InChI is InChI=1S/C21H21ClFN3O5S/c1-11-8-16-18(31-12(2)20(27)25-16)10-19(11)32(29,30)26-7-3-4-17(26)21(28)24-13-5-6-15(23)14(22)9-13/h5-6,8-10,12,17H,3-4,7H2,1-2H3,(H,24,28)(H,25,27)/t12-,17-/m0/s1. The zero-order chi connectivity index (χ0) is 23.2. The maximum absolute atomic E-state index is 13.5. The second-order valence-electron chi connectivity index (χ2n) is 7.76. The topological polar surface area (TPSA) is 105 Å². The van der Waals surface area contributed by atoms with Crippen LogP contribution in [-0.2, 0) is 19.6 Å². The molecule has 0 spiro atoms. The number of rotatable bonds is 4. The van der Waals surface area contributed by atoms with Crippen LogP contribution in [0.15, 0.2) is 35.2 Å². The number of halogens is 2. The first-order chi connectivity index (χ1) is 15.1. The van der Waals surface area contributed by atoms with Gasteiger partial charge in [-0.15, -0.1) is 0 Å². The molecule has 0 unspecified atom stereocenters. The second-order valence-corrected chi connectivity index (χ2v) is 10.0. The summed E-state index contributed by atoms with van der Waals surface area (Å²) in [7, 11) is -4.04. The number of carbonyl (C=O) groups is 2. The summed E-state index contributed by atoms with van der Waals surface area (Å²) >= 11 is 5.76. The number of amides is 2. The molecule has 8 nitrogen and oxygen atoms in total. The van der Waals surface area contributed by atoms with Gasteiger partial charge in [0.05, 0.1) is 15.6 Å². The highest BCUT2D eigenvalue weighted by Crippen LogP contribution is 2.37. The number of anilines is 2. The van der Waals surface area contributed by atoms with Crippen LogP contribution in [0.25, 0.3) is 0 Å². The minimum atomic E-state index is -4.04. The van der Waals surface area contributed by atoms with Gasteiger partial charge in [0.2, 0.25) is 15.9 Å². The van der Waals surface area contributed by atoms with Crippen LogP contribution in [0.3, 0.4) is 0 Å². The summed E-state index contributed by atoms with van der Waals surface area (Å²) in [6.07, 6.45) is 0.0939. The normalized spacial score (nSPS) is 20.9. The molecule has 2 amide bonds. The van der Waals surface area contributed by atoms with Crippen LogP contribution in [0, 0.1) is 12.7 Å². The third-order valence-electron chi connectivity index (χ3n) is 5.49. The van der Waals surface area contributed by atoms with Crippen LogP contribution in [-0.4, -0.2) is 43.2 Å². The van der Waals surface area contributed by atoms with E-state index >= 15 is 0 Å². The summed E-state index contributed by atoms with van der Waals surface area (Å²) in [6.45, 7) is 3.35. The van der Waals surface area contributed by atoms with E-state index in [1.165, 1.54) is 24.3 Å². The van der Waals surface area contributed by atoms with Crippen molar-refractivity contribution in [2.24, 2.45) is 0 Å². The molecule has 2 aromatic rings. The summed E-state index contributed by atoms with van der Waals surface area (Å²) in [5, 5.41) is 5.15. The van der Waals surface area contributed by atoms with Gasteiger partial charge >= 0.3 is 0 Å². The molecule has 11 heteroatoms. The smallest absolute Gasteiger partial charge is 0.265 e. The molecule has 0 saturated carbocycles. The Morgan fingerprint density at radius 3 is 2.78 bits per heavy atom. The zero-order valence-electron chi connectivity index (χ0n) is 17.3. The molecule has 32 heavy (non-hydrogen) atoms. The fraction of sp³-hybridized carbons (Fsp3) is 0.333. The molecular weight excluding hydrogens is 461 g/mol. The van der Waals surface area contributed by atoms with Crippen LogP contribution < -0.4 is 15.4 Å². The lowest BCUT2D eigenvalue weighted by Crippen LogP contribution is -2.43. The predicted octanol–water partition coefficient (Wildman–Crippen LogP) is 3.30. The van der Waals surface area contributed by atoms with E-state index in [9.17, 15) is 22.4 Å². The number of hydrogen-bond acceptors (Lipinski definition) is 5. The predicted molar refractivity (Wildman–Crippen MR) is 117 cm³/mol. The van der Waals surface area contributed by atoms with Gasteiger partial charge < -0.3 is 15.4 Å². The van der Waals surface area contributed by atoms with E-state index in [2.05, 4.69) is 10.6 Å². The number of sulfonamides is 1. The largest absolute Gasteiger partial charge is 0.479 e. The van der Waals surface area contributed by atoms with Crippen molar-refractivity contribution < 1.29 is 27.1 Å². The fourth-order valence-electron chi connectivity index (χ4n) is 3.84. The number of nitrogens with one attached hydrogen (secondary N) is 2. The summed E-state index contributed by atoms with van der Waals surface area (Å²) < 4.78 is 47.1. The first kappa shape index (κ1) is 22.5. The van der Waals surface area contributed by atoms with Crippen molar-refractivity contribution in [3.63, 3.8) is 0 Å². The Hall–Kier alpha value is -2.69. The summed E-state index contributed by atoms with van der Waals surface area (Å²) in [4.78, 5) is 24.7. The molecule has 1 saturated heterocycles. The molecule has 0 bridgehead atoms. The van der Waals surface area contributed by atoms with Crippen molar-refractivity contribution in [1.82, 2.24) is 4.31 Å². The number of hydrogen-bond donors (Lipinski definition) is 2. The van der Waals surface area contributed by atoms with Gasteiger partial charge in [0.25, 0.3) is 5.91 Å². The number of benzene rings is 2. The average Bonchev–Trinajstić information content (AvgIpc) is 3.22. The maximum Gasteiger partial charge on any atom is 0.265 e. The highest BCUT2D eigenvalue weighted by atomic mass is 35.5. The van der Waals surface area contributed by atoms with Crippen molar-refractivity contribution in [3.8, 4) is 5.75 Å². The first-order valence-electron chi connectivity index (χ1n) is 9.98. The van der Waals surface area contributed by atoms with E-state index in [1.54, 1.807) is 13.8 Å². The molecule has 2 atom stereocenters. The Labute approximate surface area is 189 Å². The highest BCUT2D eigenvalue weighted by Gasteiger charge is 2.41. The van der Waals surface area contributed by atoms with E-state index < -0.39 is 33.9 Å². The molecule has 2 aromatic carbocycles. The van der Waals surface area contributed by atoms with Crippen molar-refractivity contribution in [1.29, 1.82) is 0 Å². The third-order valence-corrected chi connectivity index (χ3v) is 7.83. The van der Waals surface area contributed by atoms with Crippen molar-refractivity contribution in [3.05, 3.63) is 46.7 Å². The molecule has 1 fully saturated rings. The second kappa shape index (κ2) is 8.34. The maximum atomic E-state index is 13.5. The van der Waals surface area contributed by atoms with Gasteiger partial charge in [-0.1, -0.05) is 11.6 Å². The van der Waals surface area contributed by atoms with Gasteiger partial charge in [-0.05, 0) is 56.5 Å². The van der Waals surface area contributed by atoms with E-state index in [0.29, 0.717) is 24.1 Å². The SMILES string of the molecule is Cc1cc2c(cc1S(=O)(=O)N1CCC[C@H]1C(=O)Nc1ccc(F)c(Cl)c1)O[C@@H](C)C(=O)N2. The number of aryl methyl sites for hydroxylation is 1. The monoisotopic (exact) mass is 481 g/mol. The molecular formula is C21H21ClFN3O5S. The lowest BCUT2D eigenvalue weighted by atomic mass is 10.1. The lowest BCUT2D eigenvalue weighted by Gasteiger charge is -2.27. The highest BCUT2D eigenvalue weighted by molar-refractivity contribution is 7.89. The van der Waals surface area contributed by atoms with Crippen LogP contribution in [0.1, 0.15) is 25.3 Å². The van der Waals surface area contributed by atoms with E-state index in [-0.39, 0.29) is 33.8 Å². The quantitative estimate of drug-likeness (QED) is 0.697. The number of fused-ring (bicyclic) bond motifs is 1. The molecule has 170 valence electrons. The Bertz CT molecular complexity index is 1220. The van der Waals surface area contributed by atoms with Crippen LogP contribution in [0.4, 0.5) is 15.8 Å². The van der Waals surface area contributed by atoms with Gasteiger partial charge in [-0.2, -0.15) is 4.31 Å². The van der Waals surface area contributed by atoms with Gasteiger partial charge in [0, 0.05) is 18.3 Å². The number of carbonyl (C=O) groups excluding carboxylic acids is 2. The third kappa shape index (κ3) is 4.05. The summed E-state index contributed by atoms with van der Waals surface area (Å²) in [5.41, 5.74) is 1.08. The Balaban J connectivity index is 1.62. The Kier molecular flexibility index (Phi) is 5.87. The zero-order valence-corrected chi connectivity index (χ0v) is 18.9. The summed E-state index contributed by atoms with van der Waals surface area (Å²) in [6, 6.07) is 5.73. The number of ether oxygens (including phenoxy) is 1. The van der Waals surface area contributed by atoms with E-state index in [0.717, 1.165) is 10.4 Å². The van der Waals surface area contributed by atoms with Crippen molar-refractivity contribution in [2.75, 3.05) is 17.2 Å². The molecule has 2 aliphatic rings. The van der Waals surface area contributed by atoms with Gasteiger partial charge in [0.1, 0.15) is 17.6 Å². The Morgan fingerprint density at radius 1 is 1.31 bits per heavy atom. The van der Waals surface area contributed by atoms with Gasteiger partial charge in [0.15, 0.2) is 6.10 Å². The minimum Gasteiger partial charge on any atom is -0.479 e. The molecule has 2 N–H and O–H groups in total. The van der Waals surface area contributed by atoms with Crippen LogP contribution in [0.2, 0.25) is 5.02 Å². The fourth-order valence-corrected chi connectivity index (χ4v) is 5.90. The number of nitrogens with zero attached hydrogens (tertiary/aromatic N) is 1. The van der Waals surface area contributed by atoms with Gasteiger partial charge in [-0.25, -0.2) is 12.8 Å². The van der Waals surface area contributed by atoms with Crippen molar-refractivity contribution in [2.45, 2.75) is 43.7 Å². The molecule has 0 radical (unpaired) electrons. The van der Waals surface area contributed by atoms with Crippen LogP contribution in [0.5, 0.6) is 5.75 Å². The van der Waals surface area contributed by atoms with Crippen LogP contribution >= 0.6 is 11.6 Å². The lowest BCUT2D eigenvalue weighted by molar-refractivity contribution is -0.122. The minimum absolute atomic E-state index is 0.00382. The molecule has 0 aromatic heterocycles. The van der Waals surface area contributed by atoms with Gasteiger partial charge in [-0.3, -0.25) is 9.59 Å². The Morgan fingerprint density at radius 2 is 2.06 bits per heavy atom. The molecule has 0 aliphatic carbocycles. The van der Waals surface area contributed by atoms with E-state index in [4.69, 9.17) is 16.3 Å².